The Bertz CT molecular complexity index is 521. The number of alkyl halides is 1. The molecule has 2 rings (SSSR count). The second-order valence-electron chi connectivity index (χ2n) is 3.16. The highest BCUT2D eigenvalue weighted by Crippen LogP contribution is 2.26. The van der Waals surface area contributed by atoms with Crippen molar-refractivity contribution >= 4 is 27.5 Å². The molecule has 17 heavy (non-hydrogen) atoms. The summed E-state index contributed by atoms with van der Waals surface area (Å²) in [5.41, 5.74) is 0.633. The van der Waals surface area contributed by atoms with Crippen LogP contribution < -0.4 is 4.74 Å². The monoisotopic (exact) mass is 316 g/mol. The van der Waals surface area contributed by atoms with Crippen molar-refractivity contribution in [1.29, 1.82) is 0 Å². The van der Waals surface area contributed by atoms with Crippen LogP contribution in [0.5, 0.6) is 11.6 Å². The third-order valence-electron chi connectivity index (χ3n) is 1.93. The molecule has 0 atom stereocenters. The van der Waals surface area contributed by atoms with E-state index in [0.29, 0.717) is 5.69 Å². The smallest absolute Gasteiger partial charge is 0.237 e. The molecule has 3 nitrogen and oxygen atoms in total. The zero-order chi connectivity index (χ0) is 12.3. The van der Waals surface area contributed by atoms with Crippen molar-refractivity contribution < 1.29 is 9.13 Å². The molecule has 0 spiro atoms. The Balaban J connectivity index is 2.22. The summed E-state index contributed by atoms with van der Waals surface area (Å²) in [5.74, 6) is 0.123. The second-order valence-corrected chi connectivity index (χ2v) is 4.34. The van der Waals surface area contributed by atoms with Crippen LogP contribution in [0.3, 0.4) is 0 Å². The van der Waals surface area contributed by atoms with Gasteiger partial charge in [0.1, 0.15) is 0 Å². The Morgan fingerprint density at radius 3 is 2.76 bits per heavy atom. The van der Waals surface area contributed by atoms with Gasteiger partial charge in [-0.25, -0.2) is 9.37 Å². The van der Waals surface area contributed by atoms with E-state index in [1.807, 2.05) is 0 Å². The lowest BCUT2D eigenvalue weighted by Gasteiger charge is -2.05. The molecule has 1 aromatic carbocycles. The standard InChI is InChI=1S/C11H7BrClFN2O/c12-7-1-2-9(14)10(3-7)17-11-6-15-8(4-13)5-16-11/h1-3,5-6H,4H2. The van der Waals surface area contributed by atoms with Gasteiger partial charge in [-0.1, -0.05) is 15.9 Å². The molecule has 0 unspecified atom stereocenters. The predicted molar refractivity (Wildman–Crippen MR) is 65.8 cm³/mol. The quantitative estimate of drug-likeness (QED) is 0.805. The first-order valence-corrected chi connectivity index (χ1v) is 6.01. The number of rotatable bonds is 3. The lowest BCUT2D eigenvalue weighted by molar-refractivity contribution is 0.424. The largest absolute Gasteiger partial charge is 0.434 e. The van der Waals surface area contributed by atoms with Gasteiger partial charge in [-0.15, -0.1) is 11.6 Å². The normalized spacial score (nSPS) is 10.3. The molecular formula is C11H7BrClFN2O. The fraction of sp³-hybridized carbons (Fsp3) is 0.0909. The molecule has 0 aliphatic rings. The Hall–Kier alpha value is -1.20. The van der Waals surface area contributed by atoms with Crippen LogP contribution in [0.15, 0.2) is 35.1 Å². The van der Waals surface area contributed by atoms with Gasteiger partial charge in [0.05, 0.1) is 24.0 Å². The Kier molecular flexibility index (Phi) is 3.91. The Morgan fingerprint density at radius 1 is 1.29 bits per heavy atom. The number of benzene rings is 1. The Morgan fingerprint density at radius 2 is 2.12 bits per heavy atom. The molecule has 0 amide bonds. The molecule has 1 heterocycles. The summed E-state index contributed by atoms with van der Waals surface area (Å²) >= 11 is 8.81. The molecule has 88 valence electrons. The molecule has 0 saturated heterocycles. The number of nitrogens with zero attached hydrogens (tertiary/aromatic N) is 2. The third kappa shape index (κ3) is 3.14. The van der Waals surface area contributed by atoms with Gasteiger partial charge in [-0.3, -0.25) is 4.98 Å². The molecule has 0 radical (unpaired) electrons. The summed E-state index contributed by atoms with van der Waals surface area (Å²) in [5, 5.41) is 0. The van der Waals surface area contributed by atoms with Crippen LogP contribution in [-0.4, -0.2) is 9.97 Å². The minimum absolute atomic E-state index is 0.0901. The number of hydrogen-bond donors (Lipinski definition) is 0. The average molecular weight is 318 g/mol. The Labute approximate surface area is 111 Å². The zero-order valence-corrected chi connectivity index (χ0v) is 10.9. The summed E-state index contributed by atoms with van der Waals surface area (Å²) < 4.78 is 19.4. The molecule has 0 aliphatic heterocycles. The summed E-state index contributed by atoms with van der Waals surface area (Å²) in [6.45, 7) is 0. The summed E-state index contributed by atoms with van der Waals surface area (Å²) in [4.78, 5) is 7.96. The van der Waals surface area contributed by atoms with Crippen molar-refractivity contribution in [2.45, 2.75) is 5.88 Å². The zero-order valence-electron chi connectivity index (χ0n) is 8.53. The molecule has 1 aromatic heterocycles. The maximum atomic E-state index is 13.4. The van der Waals surface area contributed by atoms with Gasteiger partial charge in [0.15, 0.2) is 11.6 Å². The van der Waals surface area contributed by atoms with Gasteiger partial charge in [0.25, 0.3) is 0 Å². The van der Waals surface area contributed by atoms with E-state index in [1.54, 1.807) is 6.07 Å². The van der Waals surface area contributed by atoms with E-state index in [4.69, 9.17) is 16.3 Å². The first-order chi connectivity index (χ1) is 8.19. The van der Waals surface area contributed by atoms with Crippen molar-refractivity contribution in [3.8, 4) is 11.6 Å². The van der Waals surface area contributed by atoms with Gasteiger partial charge in [-0.2, -0.15) is 0 Å². The first kappa shape index (κ1) is 12.3. The van der Waals surface area contributed by atoms with E-state index in [-0.39, 0.29) is 17.5 Å². The van der Waals surface area contributed by atoms with Crippen molar-refractivity contribution in [2.75, 3.05) is 0 Å². The summed E-state index contributed by atoms with van der Waals surface area (Å²) in [6, 6.07) is 4.41. The maximum Gasteiger partial charge on any atom is 0.237 e. The number of aromatic nitrogens is 2. The highest BCUT2D eigenvalue weighted by Gasteiger charge is 2.06. The topological polar surface area (TPSA) is 35.0 Å². The van der Waals surface area contributed by atoms with Crippen LogP contribution in [0, 0.1) is 5.82 Å². The van der Waals surface area contributed by atoms with Crippen LogP contribution in [-0.2, 0) is 5.88 Å². The fourth-order valence-corrected chi connectivity index (χ4v) is 1.61. The van der Waals surface area contributed by atoms with Crippen molar-refractivity contribution in [3.05, 3.63) is 46.6 Å². The summed E-state index contributed by atoms with van der Waals surface area (Å²) in [6.07, 6.45) is 2.89. The summed E-state index contributed by atoms with van der Waals surface area (Å²) in [7, 11) is 0. The molecule has 0 aliphatic carbocycles. The van der Waals surface area contributed by atoms with Crippen molar-refractivity contribution in [1.82, 2.24) is 9.97 Å². The molecule has 0 N–H and O–H groups in total. The minimum atomic E-state index is -0.462. The molecular weight excluding hydrogens is 310 g/mol. The van der Waals surface area contributed by atoms with Crippen LogP contribution in [0.1, 0.15) is 5.69 Å². The van der Waals surface area contributed by atoms with Gasteiger partial charge < -0.3 is 4.74 Å². The van der Waals surface area contributed by atoms with Gasteiger partial charge >= 0.3 is 0 Å². The molecule has 2 aromatic rings. The highest BCUT2D eigenvalue weighted by molar-refractivity contribution is 9.10. The lowest BCUT2D eigenvalue weighted by Crippen LogP contribution is -1.93. The maximum absolute atomic E-state index is 13.4. The van der Waals surface area contributed by atoms with Gasteiger partial charge in [0, 0.05) is 4.47 Å². The van der Waals surface area contributed by atoms with E-state index in [9.17, 15) is 4.39 Å². The third-order valence-corrected chi connectivity index (χ3v) is 2.69. The number of hydrogen-bond acceptors (Lipinski definition) is 3. The number of ether oxygens (including phenoxy) is 1. The van der Waals surface area contributed by atoms with Crippen LogP contribution in [0.2, 0.25) is 0 Å². The van der Waals surface area contributed by atoms with E-state index < -0.39 is 5.82 Å². The lowest BCUT2D eigenvalue weighted by atomic mass is 10.3. The minimum Gasteiger partial charge on any atom is -0.434 e. The van der Waals surface area contributed by atoms with Crippen molar-refractivity contribution in [3.63, 3.8) is 0 Å². The SMILES string of the molecule is Fc1ccc(Br)cc1Oc1cnc(CCl)cn1. The molecule has 6 heteroatoms. The van der Waals surface area contributed by atoms with Crippen LogP contribution >= 0.6 is 27.5 Å². The highest BCUT2D eigenvalue weighted by atomic mass is 79.9. The van der Waals surface area contributed by atoms with Crippen LogP contribution in [0.25, 0.3) is 0 Å². The molecule has 0 bridgehead atoms. The van der Waals surface area contributed by atoms with Crippen LogP contribution in [0.4, 0.5) is 4.39 Å². The predicted octanol–water partition coefficient (Wildman–Crippen LogP) is 3.91. The first-order valence-electron chi connectivity index (χ1n) is 4.69. The van der Waals surface area contributed by atoms with E-state index >= 15 is 0 Å². The molecule has 0 saturated carbocycles. The van der Waals surface area contributed by atoms with E-state index in [1.165, 1.54) is 24.5 Å². The van der Waals surface area contributed by atoms with Crippen molar-refractivity contribution in [2.24, 2.45) is 0 Å². The van der Waals surface area contributed by atoms with E-state index in [2.05, 4.69) is 25.9 Å². The molecule has 0 fully saturated rings. The number of halogens is 3. The average Bonchev–Trinajstić information content (AvgIpc) is 2.35. The van der Waals surface area contributed by atoms with E-state index in [0.717, 1.165) is 4.47 Å². The van der Waals surface area contributed by atoms with Gasteiger partial charge in [0.2, 0.25) is 5.88 Å². The fourth-order valence-electron chi connectivity index (χ4n) is 1.13. The second kappa shape index (κ2) is 5.42. The van der Waals surface area contributed by atoms with Gasteiger partial charge in [-0.05, 0) is 18.2 Å².